The summed E-state index contributed by atoms with van der Waals surface area (Å²) in [6, 6.07) is 12.8. The Kier molecular flexibility index (Phi) is 3.82. The fraction of sp³-hybridized carbons (Fsp3) is 0.0909. The van der Waals surface area contributed by atoms with E-state index < -0.39 is 9.84 Å². The van der Waals surface area contributed by atoms with E-state index in [-0.39, 0.29) is 5.91 Å². The van der Waals surface area contributed by atoms with Crippen LogP contribution in [0.5, 0.6) is 0 Å². The van der Waals surface area contributed by atoms with Gasteiger partial charge in [-0.1, -0.05) is 24.3 Å². The molecule has 0 fully saturated rings. The molecule has 3 heterocycles. The van der Waals surface area contributed by atoms with Crippen molar-refractivity contribution in [3.05, 3.63) is 70.8 Å². The average molecular weight is 403 g/mol. The van der Waals surface area contributed by atoms with Gasteiger partial charge in [0, 0.05) is 40.4 Å². The number of hydrogen-bond donors (Lipinski definition) is 2. The standard InChI is InChI=1S/C22H17N3O3S/c23-21-19(13-4-5-17-14(10-13)6-8-24-22(17)26)11-15(12-25-21)16-2-1-3-20-18(16)7-9-29(20,27)28/h1-5,7,9-12H,6,8H2,(H2,23,25)(H,24,26). The van der Waals surface area contributed by atoms with Gasteiger partial charge in [-0.3, -0.25) is 4.79 Å². The lowest BCUT2D eigenvalue weighted by atomic mass is 9.93. The first-order valence-electron chi connectivity index (χ1n) is 9.17. The zero-order valence-electron chi connectivity index (χ0n) is 15.3. The van der Waals surface area contributed by atoms with Gasteiger partial charge in [0.25, 0.3) is 5.91 Å². The Hall–Kier alpha value is -3.45. The minimum Gasteiger partial charge on any atom is -0.383 e. The predicted molar refractivity (Wildman–Crippen MR) is 112 cm³/mol. The molecule has 0 spiro atoms. The maximum atomic E-state index is 12.2. The Morgan fingerprint density at radius 3 is 2.72 bits per heavy atom. The summed E-state index contributed by atoms with van der Waals surface area (Å²) in [6.45, 7) is 0.611. The first kappa shape index (κ1) is 17.6. The van der Waals surface area contributed by atoms with Crippen molar-refractivity contribution in [2.24, 2.45) is 0 Å². The zero-order valence-corrected chi connectivity index (χ0v) is 16.2. The Labute approximate surface area is 168 Å². The van der Waals surface area contributed by atoms with Gasteiger partial charge in [0.1, 0.15) is 5.82 Å². The van der Waals surface area contributed by atoms with Crippen LogP contribution in [0.15, 0.2) is 59.0 Å². The van der Waals surface area contributed by atoms with E-state index in [0.717, 1.165) is 34.2 Å². The molecule has 1 amide bonds. The number of fused-ring (bicyclic) bond motifs is 2. The Morgan fingerprint density at radius 2 is 1.86 bits per heavy atom. The van der Waals surface area contributed by atoms with Crippen LogP contribution in [0.4, 0.5) is 5.82 Å². The molecule has 0 unspecified atom stereocenters. The van der Waals surface area contributed by atoms with Crippen molar-refractivity contribution in [3.63, 3.8) is 0 Å². The number of nitrogens with two attached hydrogens (primary N) is 1. The summed E-state index contributed by atoms with van der Waals surface area (Å²) < 4.78 is 24.4. The van der Waals surface area contributed by atoms with E-state index in [1.807, 2.05) is 24.3 Å². The fourth-order valence-corrected chi connectivity index (χ4v) is 5.11. The molecule has 0 saturated heterocycles. The molecule has 0 bridgehead atoms. The van der Waals surface area contributed by atoms with E-state index in [1.54, 1.807) is 30.5 Å². The highest BCUT2D eigenvalue weighted by atomic mass is 32.2. The number of anilines is 1. The van der Waals surface area contributed by atoms with E-state index >= 15 is 0 Å². The zero-order chi connectivity index (χ0) is 20.2. The van der Waals surface area contributed by atoms with Crippen molar-refractivity contribution >= 4 is 27.6 Å². The van der Waals surface area contributed by atoms with Gasteiger partial charge in [-0.15, -0.1) is 0 Å². The first-order valence-corrected chi connectivity index (χ1v) is 10.7. The topological polar surface area (TPSA) is 102 Å². The molecule has 7 heteroatoms. The van der Waals surface area contributed by atoms with Crippen LogP contribution in [0.1, 0.15) is 21.5 Å². The molecule has 0 aliphatic carbocycles. The number of nitrogens with zero attached hydrogens (tertiary/aromatic N) is 1. The third-order valence-electron chi connectivity index (χ3n) is 5.36. The second kappa shape index (κ2) is 6.28. The van der Waals surface area contributed by atoms with Gasteiger partial charge in [-0.25, -0.2) is 13.4 Å². The fourth-order valence-electron chi connectivity index (χ4n) is 3.90. The summed E-state index contributed by atoms with van der Waals surface area (Å²) in [6.07, 6.45) is 4.03. The second-order valence-electron chi connectivity index (χ2n) is 7.10. The number of benzene rings is 2. The number of nitrogen functional groups attached to an aromatic ring is 1. The number of carbonyl (C=O) groups excluding carboxylic acids is 1. The third kappa shape index (κ3) is 2.82. The summed E-state index contributed by atoms with van der Waals surface area (Å²) in [5, 5.41) is 4.06. The molecule has 2 aliphatic rings. The molecule has 3 N–H and O–H groups in total. The van der Waals surface area contributed by atoms with Gasteiger partial charge in [-0.2, -0.15) is 0 Å². The molecule has 0 atom stereocenters. The monoisotopic (exact) mass is 403 g/mol. The SMILES string of the molecule is Nc1ncc(-c2cccc3c2C=CS3(=O)=O)cc1-c1ccc2c(c1)CCNC2=O. The number of carbonyl (C=O) groups is 1. The summed E-state index contributed by atoms with van der Waals surface area (Å²) in [5.41, 5.74) is 11.7. The van der Waals surface area contributed by atoms with Crippen molar-refractivity contribution in [1.29, 1.82) is 0 Å². The van der Waals surface area contributed by atoms with Gasteiger partial charge < -0.3 is 11.1 Å². The molecule has 3 aromatic rings. The largest absolute Gasteiger partial charge is 0.383 e. The predicted octanol–water partition coefficient (Wildman–Crippen LogP) is 3.04. The van der Waals surface area contributed by atoms with Crippen LogP contribution >= 0.6 is 0 Å². The first-order chi connectivity index (χ1) is 13.9. The number of aromatic nitrogens is 1. The molecule has 0 saturated carbocycles. The number of amides is 1. The summed E-state index contributed by atoms with van der Waals surface area (Å²) in [7, 11) is -3.39. The molecule has 2 aromatic carbocycles. The van der Waals surface area contributed by atoms with Crippen molar-refractivity contribution in [1.82, 2.24) is 10.3 Å². The molecular weight excluding hydrogens is 386 g/mol. The van der Waals surface area contributed by atoms with Crippen LogP contribution in [0.3, 0.4) is 0 Å². The minimum absolute atomic E-state index is 0.0644. The second-order valence-corrected chi connectivity index (χ2v) is 8.90. The molecular formula is C22H17N3O3S. The van der Waals surface area contributed by atoms with Crippen molar-refractivity contribution < 1.29 is 13.2 Å². The molecule has 29 heavy (non-hydrogen) atoms. The summed E-state index contributed by atoms with van der Waals surface area (Å²) >= 11 is 0. The van der Waals surface area contributed by atoms with Gasteiger partial charge in [0.05, 0.1) is 4.90 Å². The Bertz CT molecular complexity index is 1330. The maximum absolute atomic E-state index is 12.2. The van der Waals surface area contributed by atoms with Crippen LogP contribution in [-0.2, 0) is 16.3 Å². The molecule has 1 aromatic heterocycles. The smallest absolute Gasteiger partial charge is 0.251 e. The van der Waals surface area contributed by atoms with E-state index in [2.05, 4.69) is 10.3 Å². The Balaban J connectivity index is 1.64. The normalized spacial score (nSPS) is 16.2. The van der Waals surface area contributed by atoms with E-state index in [1.165, 1.54) is 5.41 Å². The van der Waals surface area contributed by atoms with Crippen molar-refractivity contribution in [2.75, 3.05) is 12.3 Å². The van der Waals surface area contributed by atoms with E-state index in [9.17, 15) is 13.2 Å². The van der Waals surface area contributed by atoms with Gasteiger partial charge in [0.15, 0.2) is 9.84 Å². The molecule has 6 nitrogen and oxygen atoms in total. The van der Waals surface area contributed by atoms with E-state index in [4.69, 9.17) is 5.73 Å². The molecule has 2 aliphatic heterocycles. The minimum atomic E-state index is -3.39. The van der Waals surface area contributed by atoms with E-state index in [0.29, 0.717) is 28.4 Å². The van der Waals surface area contributed by atoms with Crippen molar-refractivity contribution in [2.45, 2.75) is 11.3 Å². The van der Waals surface area contributed by atoms with Gasteiger partial charge >= 0.3 is 0 Å². The Morgan fingerprint density at radius 1 is 1.00 bits per heavy atom. The summed E-state index contributed by atoms with van der Waals surface area (Å²) in [5.74, 6) is 0.315. The average Bonchev–Trinajstić information content (AvgIpc) is 3.03. The molecule has 0 radical (unpaired) electrons. The molecule has 144 valence electrons. The van der Waals surface area contributed by atoms with Crippen LogP contribution < -0.4 is 11.1 Å². The maximum Gasteiger partial charge on any atom is 0.251 e. The lowest BCUT2D eigenvalue weighted by Gasteiger charge is -2.18. The van der Waals surface area contributed by atoms with Crippen LogP contribution in [0.2, 0.25) is 0 Å². The van der Waals surface area contributed by atoms with Crippen LogP contribution in [-0.4, -0.2) is 25.9 Å². The highest BCUT2D eigenvalue weighted by Crippen LogP contribution is 2.37. The number of sulfone groups is 1. The number of hydrogen-bond acceptors (Lipinski definition) is 5. The highest BCUT2D eigenvalue weighted by molar-refractivity contribution is 7.94. The molecule has 5 rings (SSSR count). The third-order valence-corrected chi connectivity index (χ3v) is 6.82. The lowest BCUT2D eigenvalue weighted by Crippen LogP contribution is -2.31. The number of pyridine rings is 1. The number of nitrogens with one attached hydrogen (secondary N) is 1. The van der Waals surface area contributed by atoms with Gasteiger partial charge in [-0.05, 0) is 47.4 Å². The highest BCUT2D eigenvalue weighted by Gasteiger charge is 2.24. The number of rotatable bonds is 2. The van der Waals surface area contributed by atoms with Crippen LogP contribution in [0, 0.1) is 0 Å². The lowest BCUT2D eigenvalue weighted by molar-refractivity contribution is 0.0946. The van der Waals surface area contributed by atoms with Crippen LogP contribution in [0.25, 0.3) is 28.3 Å². The van der Waals surface area contributed by atoms with Crippen molar-refractivity contribution in [3.8, 4) is 22.3 Å². The summed E-state index contributed by atoms with van der Waals surface area (Å²) in [4.78, 5) is 16.6. The quantitative estimate of drug-likeness (QED) is 0.685. The van der Waals surface area contributed by atoms with Gasteiger partial charge in [0.2, 0.25) is 0 Å².